The second kappa shape index (κ2) is 6.85. The topological polar surface area (TPSA) is 71.2 Å². The van der Waals surface area contributed by atoms with Crippen molar-refractivity contribution in [2.24, 2.45) is 5.92 Å². The molecule has 0 amide bonds. The number of pyridine rings is 1. The van der Waals surface area contributed by atoms with Crippen LogP contribution in [0.3, 0.4) is 0 Å². The fraction of sp³-hybridized carbons (Fsp3) is 0.474. The van der Waals surface area contributed by atoms with Crippen LogP contribution in [0.2, 0.25) is 0 Å². The molecule has 3 aromatic rings. The summed E-state index contributed by atoms with van der Waals surface area (Å²) in [5.41, 5.74) is -0.247. The molecule has 3 aromatic heterocycles. The van der Waals surface area contributed by atoms with E-state index in [1.807, 2.05) is 12.1 Å². The average molecular weight is 405 g/mol. The fourth-order valence-corrected chi connectivity index (χ4v) is 3.32. The van der Waals surface area contributed by atoms with E-state index in [-0.39, 0.29) is 17.2 Å². The van der Waals surface area contributed by atoms with Gasteiger partial charge in [0.2, 0.25) is 0 Å². The van der Waals surface area contributed by atoms with Crippen molar-refractivity contribution in [3.8, 4) is 0 Å². The number of anilines is 2. The lowest BCUT2D eigenvalue weighted by molar-refractivity contribution is -0.137. The molecule has 0 aliphatic carbocycles. The molecule has 0 aromatic carbocycles. The first kappa shape index (κ1) is 19.4. The summed E-state index contributed by atoms with van der Waals surface area (Å²) in [5.74, 6) is 1.66. The van der Waals surface area contributed by atoms with E-state index in [1.165, 1.54) is 12.3 Å². The summed E-state index contributed by atoms with van der Waals surface area (Å²) < 4.78 is 40.9. The van der Waals surface area contributed by atoms with Gasteiger partial charge in [-0.15, -0.1) is 15.3 Å². The highest BCUT2D eigenvalue weighted by molar-refractivity contribution is 5.49. The summed E-state index contributed by atoms with van der Waals surface area (Å²) in [6.45, 7) is 7.97. The maximum absolute atomic E-state index is 13.1. The molecule has 1 N–H and O–H groups in total. The summed E-state index contributed by atoms with van der Waals surface area (Å²) >= 11 is 0. The van der Waals surface area contributed by atoms with Crippen molar-refractivity contribution in [2.45, 2.75) is 32.4 Å². The molecular weight excluding hydrogens is 383 g/mol. The van der Waals surface area contributed by atoms with Gasteiger partial charge in [0.1, 0.15) is 11.6 Å². The van der Waals surface area contributed by atoms with Crippen LogP contribution >= 0.6 is 0 Å². The second-order valence-corrected chi connectivity index (χ2v) is 8.28. The molecule has 0 radical (unpaired) electrons. The van der Waals surface area contributed by atoms with Crippen LogP contribution in [-0.2, 0) is 11.6 Å². The highest BCUT2D eigenvalue weighted by Crippen LogP contribution is 2.34. The molecule has 10 heteroatoms. The van der Waals surface area contributed by atoms with Crippen LogP contribution in [0.5, 0.6) is 0 Å². The van der Waals surface area contributed by atoms with E-state index in [0.29, 0.717) is 25.3 Å². The fourth-order valence-electron chi connectivity index (χ4n) is 3.32. The molecule has 1 aliphatic heterocycles. The molecule has 7 nitrogen and oxygen atoms in total. The second-order valence-electron chi connectivity index (χ2n) is 8.28. The Morgan fingerprint density at radius 2 is 1.86 bits per heavy atom. The van der Waals surface area contributed by atoms with Gasteiger partial charge in [-0.1, -0.05) is 20.8 Å². The Morgan fingerprint density at radius 1 is 1.10 bits per heavy atom. The smallest absolute Gasteiger partial charge is 0.369 e. The maximum Gasteiger partial charge on any atom is 0.419 e. The molecule has 4 rings (SSSR count). The number of fused-ring (bicyclic) bond motifs is 1. The minimum absolute atomic E-state index is 0.127. The summed E-state index contributed by atoms with van der Waals surface area (Å²) in [7, 11) is 0. The normalized spacial score (nSPS) is 15.6. The summed E-state index contributed by atoms with van der Waals surface area (Å²) in [6.07, 6.45) is -3.07. The molecular formula is C19H22F3N7. The molecule has 4 heterocycles. The maximum atomic E-state index is 13.1. The zero-order valence-corrected chi connectivity index (χ0v) is 16.4. The third-order valence-corrected chi connectivity index (χ3v) is 4.87. The Balaban J connectivity index is 1.41. The predicted molar refractivity (Wildman–Crippen MR) is 103 cm³/mol. The Bertz CT molecular complexity index is 1020. The van der Waals surface area contributed by atoms with Crippen molar-refractivity contribution in [3.63, 3.8) is 0 Å². The van der Waals surface area contributed by atoms with Gasteiger partial charge >= 0.3 is 6.18 Å². The third kappa shape index (κ3) is 3.83. The van der Waals surface area contributed by atoms with Crippen LogP contribution in [-0.4, -0.2) is 44.4 Å². The van der Waals surface area contributed by atoms with Gasteiger partial charge in [0, 0.05) is 37.2 Å². The molecule has 0 atom stereocenters. The van der Waals surface area contributed by atoms with E-state index < -0.39 is 11.7 Å². The number of alkyl halides is 3. The number of aromatic nitrogens is 5. The number of hydrogen-bond donors (Lipinski definition) is 1. The van der Waals surface area contributed by atoms with Gasteiger partial charge in [0.05, 0.1) is 5.56 Å². The van der Waals surface area contributed by atoms with Crippen LogP contribution in [0.15, 0.2) is 30.5 Å². The number of rotatable bonds is 4. The summed E-state index contributed by atoms with van der Waals surface area (Å²) in [6, 6.07) is 6.09. The van der Waals surface area contributed by atoms with Gasteiger partial charge in [-0.05, 0) is 24.3 Å². The minimum Gasteiger partial charge on any atom is -0.369 e. The molecule has 1 fully saturated rings. The van der Waals surface area contributed by atoms with Crippen LogP contribution in [0, 0.1) is 5.92 Å². The van der Waals surface area contributed by atoms with Crippen LogP contribution < -0.4 is 10.2 Å². The standard InChI is InChI=1S/C19H22F3N7/c1-18(2,3)17-26-25-14-6-7-15(27-29(14)17)28-10-12(11-28)9-24-16-13(19(20,21)22)5-4-8-23-16/h4-8,12H,9-11H2,1-3H3,(H,23,24). The van der Waals surface area contributed by atoms with Crippen LogP contribution in [0.4, 0.5) is 24.8 Å². The first-order valence-corrected chi connectivity index (χ1v) is 9.37. The van der Waals surface area contributed by atoms with E-state index in [9.17, 15) is 13.2 Å². The van der Waals surface area contributed by atoms with E-state index >= 15 is 0 Å². The van der Waals surface area contributed by atoms with Gasteiger partial charge in [-0.3, -0.25) is 0 Å². The molecule has 1 saturated heterocycles. The highest BCUT2D eigenvalue weighted by atomic mass is 19.4. The quantitative estimate of drug-likeness (QED) is 0.718. The Kier molecular flexibility index (Phi) is 4.59. The van der Waals surface area contributed by atoms with Gasteiger partial charge in [0.25, 0.3) is 0 Å². The monoisotopic (exact) mass is 405 g/mol. The van der Waals surface area contributed by atoms with Crippen molar-refractivity contribution in [1.82, 2.24) is 24.8 Å². The number of nitrogens with zero attached hydrogens (tertiary/aromatic N) is 6. The van der Waals surface area contributed by atoms with Crippen LogP contribution in [0.1, 0.15) is 32.2 Å². The van der Waals surface area contributed by atoms with Gasteiger partial charge in [-0.2, -0.15) is 17.7 Å². The third-order valence-electron chi connectivity index (χ3n) is 4.87. The van der Waals surface area contributed by atoms with Crippen molar-refractivity contribution in [1.29, 1.82) is 0 Å². The average Bonchev–Trinajstić information content (AvgIpc) is 3.03. The van der Waals surface area contributed by atoms with Gasteiger partial charge < -0.3 is 10.2 Å². The molecule has 29 heavy (non-hydrogen) atoms. The number of halogens is 3. The molecule has 154 valence electrons. The lowest BCUT2D eigenvalue weighted by Gasteiger charge is -2.40. The SMILES string of the molecule is CC(C)(C)c1nnc2ccc(N3CC(CNc4ncccc4C(F)(F)F)C3)nn12. The Hall–Kier alpha value is -2.91. The van der Waals surface area contributed by atoms with E-state index in [4.69, 9.17) is 0 Å². The van der Waals surface area contributed by atoms with Gasteiger partial charge in [0.15, 0.2) is 11.5 Å². The predicted octanol–water partition coefficient (Wildman–Crippen LogP) is 3.38. The summed E-state index contributed by atoms with van der Waals surface area (Å²) in [5, 5.41) is 15.9. The first-order valence-electron chi connectivity index (χ1n) is 9.37. The Morgan fingerprint density at radius 3 is 2.55 bits per heavy atom. The van der Waals surface area contributed by atoms with Gasteiger partial charge in [-0.25, -0.2) is 4.98 Å². The van der Waals surface area contributed by atoms with Crippen molar-refractivity contribution in [2.75, 3.05) is 29.9 Å². The van der Waals surface area contributed by atoms with E-state index in [0.717, 1.165) is 17.7 Å². The van der Waals surface area contributed by atoms with Crippen molar-refractivity contribution >= 4 is 17.3 Å². The Labute approximate surface area is 166 Å². The molecule has 1 aliphatic rings. The minimum atomic E-state index is -4.43. The van der Waals surface area contributed by atoms with E-state index in [1.54, 1.807) is 4.52 Å². The molecule has 0 unspecified atom stereocenters. The largest absolute Gasteiger partial charge is 0.419 e. The first-order chi connectivity index (χ1) is 13.6. The number of nitrogens with one attached hydrogen (secondary N) is 1. The molecule has 0 bridgehead atoms. The van der Waals surface area contributed by atoms with E-state index in [2.05, 4.69) is 51.3 Å². The zero-order chi connectivity index (χ0) is 20.8. The summed E-state index contributed by atoms with van der Waals surface area (Å²) in [4.78, 5) is 5.92. The lowest BCUT2D eigenvalue weighted by Crippen LogP contribution is -2.50. The van der Waals surface area contributed by atoms with Crippen molar-refractivity contribution in [3.05, 3.63) is 41.9 Å². The molecule has 0 saturated carbocycles. The lowest BCUT2D eigenvalue weighted by atomic mass is 9.96. The molecule has 0 spiro atoms. The van der Waals surface area contributed by atoms with Crippen molar-refractivity contribution < 1.29 is 13.2 Å². The highest BCUT2D eigenvalue weighted by Gasteiger charge is 2.35. The number of hydrogen-bond acceptors (Lipinski definition) is 6. The van der Waals surface area contributed by atoms with Crippen LogP contribution in [0.25, 0.3) is 5.65 Å². The zero-order valence-electron chi connectivity index (χ0n) is 16.4.